The SMILES string of the molecule is CCC(C)C(NC(=O)O)C(=O)NN(Cc1ccc(-c2ccc3c(c2)OCO3)cc1)C[C@H](O)[C@H](Cc1ccccc1)NC(=O)[C@H]([C@@H](C)CC)N1CCN(Cc2ccnc3ccccc23)C1=O. The zero-order chi connectivity index (χ0) is 46.0. The molecule has 1 aromatic heterocycles. The summed E-state index contributed by atoms with van der Waals surface area (Å²) in [6.07, 6.45) is 0.567. The summed E-state index contributed by atoms with van der Waals surface area (Å²) >= 11 is 0. The highest BCUT2D eigenvalue weighted by atomic mass is 16.7. The zero-order valence-corrected chi connectivity index (χ0v) is 37.4. The van der Waals surface area contributed by atoms with Gasteiger partial charge in [-0.05, 0) is 70.3 Å². The molecule has 3 heterocycles. The third-order valence-electron chi connectivity index (χ3n) is 12.6. The quantitative estimate of drug-likeness (QED) is 0.0535. The summed E-state index contributed by atoms with van der Waals surface area (Å²) in [5.41, 5.74) is 8.23. The second kappa shape index (κ2) is 21.3. The predicted molar refractivity (Wildman–Crippen MR) is 247 cm³/mol. The van der Waals surface area contributed by atoms with E-state index in [-0.39, 0.29) is 50.1 Å². The van der Waals surface area contributed by atoms with E-state index in [1.807, 2.05) is 124 Å². The van der Waals surface area contributed by atoms with Gasteiger partial charge in [0.15, 0.2) is 11.5 Å². The fourth-order valence-corrected chi connectivity index (χ4v) is 8.52. The van der Waals surface area contributed by atoms with Crippen LogP contribution in [0.15, 0.2) is 109 Å². The number of urea groups is 1. The third kappa shape index (κ3) is 11.3. The number of amides is 5. The van der Waals surface area contributed by atoms with Gasteiger partial charge in [-0.15, -0.1) is 0 Å². The van der Waals surface area contributed by atoms with Crippen LogP contribution in [0.1, 0.15) is 57.2 Å². The highest BCUT2D eigenvalue weighted by Crippen LogP contribution is 2.36. The number of nitrogens with one attached hydrogen (secondary N) is 3. The number of carboxylic acid groups (broad SMARTS) is 1. The Hall–Kier alpha value is -6.71. The van der Waals surface area contributed by atoms with E-state index in [0.717, 1.165) is 38.7 Å². The molecule has 0 saturated carbocycles. The first-order chi connectivity index (χ1) is 31.4. The van der Waals surface area contributed by atoms with Crippen molar-refractivity contribution in [3.63, 3.8) is 0 Å². The van der Waals surface area contributed by atoms with Gasteiger partial charge in [0, 0.05) is 44.3 Å². The van der Waals surface area contributed by atoms with E-state index in [9.17, 15) is 29.4 Å². The molecule has 2 aliphatic heterocycles. The number of ether oxygens (including phenoxy) is 2. The van der Waals surface area contributed by atoms with Crippen LogP contribution in [0, 0.1) is 11.8 Å². The van der Waals surface area contributed by atoms with Gasteiger partial charge in [-0.25, -0.2) is 14.6 Å². The van der Waals surface area contributed by atoms with Gasteiger partial charge in [0.05, 0.1) is 17.7 Å². The number of aliphatic hydroxyl groups excluding tert-OH is 1. The number of para-hydroxylation sites is 1. The number of carbonyl (C=O) groups is 4. The van der Waals surface area contributed by atoms with E-state index < -0.39 is 36.2 Å². The van der Waals surface area contributed by atoms with Crippen LogP contribution in [0.3, 0.4) is 0 Å². The predicted octanol–water partition coefficient (Wildman–Crippen LogP) is 6.59. The lowest BCUT2D eigenvalue weighted by Crippen LogP contribution is -2.59. The van der Waals surface area contributed by atoms with E-state index in [1.54, 1.807) is 27.9 Å². The summed E-state index contributed by atoms with van der Waals surface area (Å²) in [5, 5.41) is 29.9. The molecule has 0 spiro atoms. The molecule has 6 atom stereocenters. The van der Waals surface area contributed by atoms with Gasteiger partial charge in [-0.1, -0.05) is 119 Å². The summed E-state index contributed by atoms with van der Waals surface area (Å²) < 4.78 is 11.0. The number of nitrogens with zero attached hydrogens (tertiary/aromatic N) is 4. The van der Waals surface area contributed by atoms with Crippen molar-refractivity contribution in [2.24, 2.45) is 11.8 Å². The van der Waals surface area contributed by atoms with Gasteiger partial charge < -0.3 is 40.1 Å². The number of pyridine rings is 1. The van der Waals surface area contributed by atoms with Gasteiger partial charge in [0.25, 0.3) is 5.91 Å². The van der Waals surface area contributed by atoms with Crippen molar-refractivity contribution in [1.82, 2.24) is 35.9 Å². The Morgan fingerprint density at radius 3 is 2.25 bits per heavy atom. The maximum absolute atomic E-state index is 14.7. The molecule has 7 rings (SSSR count). The Morgan fingerprint density at radius 1 is 0.800 bits per heavy atom. The summed E-state index contributed by atoms with van der Waals surface area (Å²) in [5.74, 6) is -0.177. The molecular formula is C50H59N7O8. The van der Waals surface area contributed by atoms with Crippen LogP contribution in [-0.4, -0.2) is 105 Å². The topological polar surface area (TPSA) is 186 Å². The number of aromatic nitrogens is 1. The van der Waals surface area contributed by atoms with Gasteiger partial charge in [0.2, 0.25) is 12.7 Å². The van der Waals surface area contributed by atoms with Crippen molar-refractivity contribution in [2.45, 2.75) is 84.3 Å². The number of rotatable bonds is 20. The van der Waals surface area contributed by atoms with Gasteiger partial charge in [0.1, 0.15) is 12.1 Å². The van der Waals surface area contributed by atoms with Crippen molar-refractivity contribution in [3.05, 3.63) is 126 Å². The number of hydrazine groups is 1. The van der Waals surface area contributed by atoms with E-state index >= 15 is 0 Å². The molecule has 5 aromatic rings. The Labute approximate surface area is 379 Å². The minimum atomic E-state index is -1.33. The van der Waals surface area contributed by atoms with E-state index in [0.29, 0.717) is 44.0 Å². The lowest BCUT2D eigenvalue weighted by Gasteiger charge is -2.35. The van der Waals surface area contributed by atoms with Crippen molar-refractivity contribution in [1.29, 1.82) is 0 Å². The summed E-state index contributed by atoms with van der Waals surface area (Å²) in [4.78, 5) is 62.5. The van der Waals surface area contributed by atoms with Gasteiger partial charge in [-0.2, -0.15) is 0 Å². The van der Waals surface area contributed by atoms with E-state index in [1.165, 1.54) is 0 Å². The number of fused-ring (bicyclic) bond motifs is 2. The Bertz CT molecular complexity index is 2430. The number of aliphatic hydroxyl groups is 1. The Balaban J connectivity index is 1.12. The fraction of sp³-hybridized carbons (Fsp3) is 0.380. The molecule has 1 fully saturated rings. The lowest BCUT2D eigenvalue weighted by molar-refractivity contribution is -0.132. The largest absolute Gasteiger partial charge is 0.465 e. The molecule has 15 nitrogen and oxygen atoms in total. The molecule has 15 heteroatoms. The molecule has 5 amide bonds. The number of benzene rings is 4. The molecule has 2 aliphatic rings. The average molecular weight is 886 g/mol. The van der Waals surface area contributed by atoms with Gasteiger partial charge >= 0.3 is 12.1 Å². The summed E-state index contributed by atoms with van der Waals surface area (Å²) in [6.45, 7) is 8.92. The lowest BCUT2D eigenvalue weighted by atomic mass is 9.95. The fourth-order valence-electron chi connectivity index (χ4n) is 8.52. The molecule has 1 saturated heterocycles. The van der Waals surface area contributed by atoms with Crippen molar-refractivity contribution in [2.75, 3.05) is 26.4 Å². The first-order valence-electron chi connectivity index (χ1n) is 22.4. The van der Waals surface area contributed by atoms with Gasteiger partial charge in [-0.3, -0.25) is 20.0 Å². The molecule has 342 valence electrons. The number of hydrogen-bond donors (Lipinski definition) is 5. The van der Waals surface area contributed by atoms with Crippen LogP contribution in [0.25, 0.3) is 22.0 Å². The zero-order valence-electron chi connectivity index (χ0n) is 37.4. The summed E-state index contributed by atoms with van der Waals surface area (Å²) in [6, 6.07) is 29.7. The molecule has 5 N–H and O–H groups in total. The smallest absolute Gasteiger partial charge is 0.405 e. The van der Waals surface area contributed by atoms with Crippen LogP contribution in [0.4, 0.5) is 9.59 Å². The maximum atomic E-state index is 14.7. The van der Waals surface area contributed by atoms with Crippen LogP contribution in [0.2, 0.25) is 0 Å². The highest BCUT2D eigenvalue weighted by Gasteiger charge is 2.41. The molecule has 65 heavy (non-hydrogen) atoms. The molecule has 0 bridgehead atoms. The van der Waals surface area contributed by atoms with Crippen molar-refractivity contribution in [3.8, 4) is 22.6 Å². The monoisotopic (exact) mass is 885 g/mol. The first kappa shape index (κ1) is 46.3. The van der Waals surface area contributed by atoms with E-state index in [2.05, 4.69) is 21.0 Å². The van der Waals surface area contributed by atoms with Crippen molar-refractivity contribution >= 4 is 34.8 Å². The Morgan fingerprint density at radius 2 is 1.51 bits per heavy atom. The number of carbonyl (C=O) groups excluding carboxylic acids is 3. The van der Waals surface area contributed by atoms with Crippen molar-refractivity contribution < 1.29 is 38.9 Å². The Kier molecular flexibility index (Phi) is 15.2. The standard InChI is InChI=1S/C50H59N7O8/c1-5-32(3)45(53-49(61)62)47(59)54-56(28-35-16-18-36(19-17-35)37-20-21-43-44(27-37)65-31-64-43)30-42(58)41(26-34-12-8-7-9-13-34)52-48(60)46(33(4)6-2)57-25-24-55(50(57)63)29-38-22-23-51-40-15-11-10-14-39(38)40/h7-23,27,32-33,41-42,45-46,53,58H,5-6,24-26,28-31H2,1-4H3,(H,52,60)(H,54,59)(H,61,62)/t32?,33-,41-,42-,45?,46-/m0/s1. The van der Waals surface area contributed by atoms with Crippen LogP contribution >= 0.6 is 0 Å². The van der Waals surface area contributed by atoms with Crippen LogP contribution in [0.5, 0.6) is 11.5 Å². The number of hydrogen-bond acceptors (Lipinski definition) is 9. The molecule has 0 radical (unpaired) electrons. The maximum Gasteiger partial charge on any atom is 0.405 e. The molecule has 2 unspecified atom stereocenters. The van der Waals surface area contributed by atoms with Crippen LogP contribution in [-0.2, 0) is 29.1 Å². The molecule has 0 aliphatic carbocycles. The molecule has 4 aromatic carbocycles. The average Bonchev–Trinajstić information content (AvgIpc) is 3.93. The van der Waals surface area contributed by atoms with E-state index in [4.69, 9.17) is 9.47 Å². The van der Waals surface area contributed by atoms with Crippen LogP contribution < -0.4 is 25.5 Å². The highest BCUT2D eigenvalue weighted by molar-refractivity contribution is 5.89. The molecular weight excluding hydrogens is 827 g/mol. The third-order valence-corrected chi connectivity index (χ3v) is 12.6. The second-order valence-corrected chi connectivity index (χ2v) is 17.0. The first-order valence-corrected chi connectivity index (χ1v) is 22.4. The minimum Gasteiger partial charge on any atom is -0.465 e. The minimum absolute atomic E-state index is 0.136. The second-order valence-electron chi connectivity index (χ2n) is 17.0. The summed E-state index contributed by atoms with van der Waals surface area (Å²) in [7, 11) is 0. The normalized spacial score (nSPS) is 16.2.